The average Bonchev–Trinajstić information content (AvgIpc) is 2.51. The number of nitrogens with two attached hydrogens (primary N) is 1. The number of ether oxygens (including phenoxy) is 2. The molecule has 0 amide bonds. The van der Waals surface area contributed by atoms with Gasteiger partial charge in [0.05, 0.1) is 0 Å². The second kappa shape index (κ2) is 5.47. The van der Waals surface area contributed by atoms with Crippen LogP contribution in [0.15, 0.2) is 18.2 Å². The molecule has 1 aliphatic rings. The van der Waals surface area contributed by atoms with Gasteiger partial charge in [-0.15, -0.1) is 0 Å². The van der Waals surface area contributed by atoms with Gasteiger partial charge in [0.25, 0.3) is 0 Å². The van der Waals surface area contributed by atoms with Crippen molar-refractivity contribution in [1.29, 1.82) is 0 Å². The highest BCUT2D eigenvalue weighted by molar-refractivity contribution is 5.66. The number of nitrogen functional groups attached to an aromatic ring is 1. The van der Waals surface area contributed by atoms with Crippen molar-refractivity contribution < 1.29 is 9.47 Å². The maximum Gasteiger partial charge on any atom is 0.163 e. The summed E-state index contributed by atoms with van der Waals surface area (Å²) in [6, 6.07) is 5.71. The summed E-state index contributed by atoms with van der Waals surface area (Å²) in [5.41, 5.74) is 7.64. The highest BCUT2D eigenvalue weighted by atomic mass is 16.6. The molecule has 2 aromatic rings. The van der Waals surface area contributed by atoms with Gasteiger partial charge in [-0.25, -0.2) is 9.97 Å². The van der Waals surface area contributed by atoms with Crippen molar-refractivity contribution in [2.75, 3.05) is 24.3 Å². The summed E-state index contributed by atoms with van der Waals surface area (Å²) >= 11 is 0. The maximum absolute atomic E-state index is 5.93. The molecule has 6 nitrogen and oxygen atoms in total. The number of nitrogens with one attached hydrogen (secondary N) is 1. The molecule has 6 heteroatoms. The number of nitrogens with zero attached hydrogens (tertiary/aromatic N) is 2. The quantitative estimate of drug-likeness (QED) is 0.902. The van der Waals surface area contributed by atoms with Gasteiger partial charge in [-0.3, -0.25) is 0 Å². The summed E-state index contributed by atoms with van der Waals surface area (Å²) < 4.78 is 11.1. The van der Waals surface area contributed by atoms with Crippen LogP contribution in [0.4, 0.5) is 17.3 Å². The monoisotopic (exact) mass is 286 g/mol. The lowest BCUT2D eigenvalue weighted by Crippen LogP contribution is -2.15. The normalized spacial score (nSPS) is 13.0. The lowest BCUT2D eigenvalue weighted by molar-refractivity contribution is 0.171. The first-order valence-corrected chi connectivity index (χ1v) is 6.97. The van der Waals surface area contributed by atoms with Crippen LogP contribution in [0, 0.1) is 6.92 Å². The summed E-state index contributed by atoms with van der Waals surface area (Å²) in [5, 5.41) is 3.27. The van der Waals surface area contributed by atoms with Crippen molar-refractivity contribution in [3.8, 4) is 11.5 Å². The van der Waals surface area contributed by atoms with Crippen LogP contribution in [0.25, 0.3) is 0 Å². The Hall–Kier alpha value is -2.50. The molecule has 1 aliphatic heterocycles. The zero-order valence-electron chi connectivity index (χ0n) is 12.1. The van der Waals surface area contributed by atoms with Gasteiger partial charge in [-0.05, 0) is 19.1 Å². The van der Waals surface area contributed by atoms with Gasteiger partial charge in [0, 0.05) is 23.7 Å². The Balaban J connectivity index is 1.91. The van der Waals surface area contributed by atoms with Gasteiger partial charge >= 0.3 is 0 Å². The number of fused-ring (bicyclic) bond motifs is 1. The topological polar surface area (TPSA) is 82.3 Å². The summed E-state index contributed by atoms with van der Waals surface area (Å²) in [6.45, 7) is 5.05. The van der Waals surface area contributed by atoms with E-state index in [1.165, 1.54) is 0 Å². The number of rotatable bonds is 3. The molecule has 0 unspecified atom stereocenters. The van der Waals surface area contributed by atoms with Crippen LogP contribution >= 0.6 is 0 Å². The first-order valence-electron chi connectivity index (χ1n) is 6.97. The van der Waals surface area contributed by atoms with Crippen LogP contribution in [-0.2, 0) is 6.42 Å². The van der Waals surface area contributed by atoms with Gasteiger partial charge in [-0.1, -0.05) is 6.92 Å². The Morgan fingerprint density at radius 3 is 2.71 bits per heavy atom. The van der Waals surface area contributed by atoms with E-state index in [9.17, 15) is 0 Å². The van der Waals surface area contributed by atoms with Crippen molar-refractivity contribution in [2.45, 2.75) is 20.3 Å². The summed E-state index contributed by atoms with van der Waals surface area (Å²) in [5.74, 6) is 3.44. The van der Waals surface area contributed by atoms with E-state index in [0.717, 1.165) is 40.8 Å². The molecule has 3 rings (SSSR count). The third-order valence-corrected chi connectivity index (χ3v) is 3.35. The molecule has 0 saturated carbocycles. The molecular weight excluding hydrogens is 268 g/mol. The number of anilines is 3. The Bertz CT molecular complexity index is 673. The largest absolute Gasteiger partial charge is 0.486 e. The minimum absolute atomic E-state index is 0.502. The molecule has 0 fully saturated rings. The van der Waals surface area contributed by atoms with Crippen LogP contribution in [0.1, 0.15) is 18.3 Å². The summed E-state index contributed by atoms with van der Waals surface area (Å²) in [6.07, 6.45) is 0.736. The van der Waals surface area contributed by atoms with Crippen molar-refractivity contribution >= 4 is 17.3 Å². The molecule has 0 bridgehead atoms. The van der Waals surface area contributed by atoms with E-state index in [1.807, 2.05) is 32.0 Å². The Morgan fingerprint density at radius 2 is 1.95 bits per heavy atom. The van der Waals surface area contributed by atoms with Gasteiger partial charge < -0.3 is 20.5 Å². The van der Waals surface area contributed by atoms with E-state index in [1.54, 1.807) is 0 Å². The molecule has 21 heavy (non-hydrogen) atoms. The zero-order chi connectivity index (χ0) is 14.8. The van der Waals surface area contributed by atoms with Crippen molar-refractivity contribution in [1.82, 2.24) is 9.97 Å². The minimum atomic E-state index is 0.502. The number of hydrogen-bond acceptors (Lipinski definition) is 6. The highest BCUT2D eigenvalue weighted by Crippen LogP contribution is 2.34. The summed E-state index contributed by atoms with van der Waals surface area (Å²) in [4.78, 5) is 8.73. The number of aryl methyl sites for hydroxylation is 1. The van der Waals surface area contributed by atoms with E-state index in [-0.39, 0.29) is 0 Å². The van der Waals surface area contributed by atoms with Crippen LogP contribution < -0.4 is 20.5 Å². The standard InChI is InChI=1S/C15H18N4O2/c1-3-13-18-14(16)9(2)15(19-13)17-10-4-5-11-12(8-10)21-7-6-20-11/h4-5,8H,3,6-7H2,1-2H3,(H3,16,17,18,19). The average molecular weight is 286 g/mol. The first-order chi connectivity index (χ1) is 10.2. The molecule has 0 atom stereocenters. The predicted molar refractivity (Wildman–Crippen MR) is 81.3 cm³/mol. The molecule has 0 aliphatic carbocycles. The second-order valence-electron chi connectivity index (χ2n) is 4.84. The SMILES string of the molecule is CCc1nc(N)c(C)c(Nc2ccc3c(c2)OCCO3)n1. The second-order valence-corrected chi connectivity index (χ2v) is 4.84. The van der Waals surface area contributed by atoms with E-state index in [4.69, 9.17) is 15.2 Å². The molecule has 0 spiro atoms. The van der Waals surface area contributed by atoms with Crippen molar-refractivity contribution in [3.63, 3.8) is 0 Å². The molecule has 2 heterocycles. The molecule has 0 radical (unpaired) electrons. The Kier molecular flexibility index (Phi) is 3.51. The molecule has 110 valence electrons. The smallest absolute Gasteiger partial charge is 0.163 e. The number of benzene rings is 1. The fraction of sp³-hybridized carbons (Fsp3) is 0.333. The lowest BCUT2D eigenvalue weighted by atomic mass is 10.2. The molecule has 1 aromatic heterocycles. The van der Waals surface area contributed by atoms with Crippen LogP contribution in [0.2, 0.25) is 0 Å². The fourth-order valence-electron chi connectivity index (χ4n) is 2.12. The molecular formula is C15H18N4O2. The van der Waals surface area contributed by atoms with Crippen LogP contribution in [0.5, 0.6) is 11.5 Å². The van der Waals surface area contributed by atoms with Gasteiger partial charge in [0.15, 0.2) is 11.5 Å². The van der Waals surface area contributed by atoms with Crippen molar-refractivity contribution in [2.24, 2.45) is 0 Å². The van der Waals surface area contributed by atoms with E-state index in [0.29, 0.717) is 19.0 Å². The fourth-order valence-corrected chi connectivity index (χ4v) is 2.12. The van der Waals surface area contributed by atoms with Crippen molar-refractivity contribution in [3.05, 3.63) is 29.6 Å². The minimum Gasteiger partial charge on any atom is -0.486 e. The molecule has 3 N–H and O–H groups in total. The van der Waals surface area contributed by atoms with E-state index in [2.05, 4.69) is 15.3 Å². The van der Waals surface area contributed by atoms with Crippen LogP contribution in [0.3, 0.4) is 0 Å². The first kappa shape index (κ1) is 13.5. The van der Waals surface area contributed by atoms with Gasteiger partial charge in [0.2, 0.25) is 0 Å². The van der Waals surface area contributed by atoms with Gasteiger partial charge in [0.1, 0.15) is 30.7 Å². The predicted octanol–water partition coefficient (Wildman–Crippen LogP) is 2.44. The molecule has 0 saturated heterocycles. The zero-order valence-corrected chi connectivity index (χ0v) is 12.1. The maximum atomic E-state index is 5.93. The summed E-state index contributed by atoms with van der Waals surface area (Å²) in [7, 11) is 0. The van der Waals surface area contributed by atoms with Gasteiger partial charge in [-0.2, -0.15) is 0 Å². The Labute approximate surface area is 123 Å². The highest BCUT2D eigenvalue weighted by Gasteiger charge is 2.13. The van der Waals surface area contributed by atoms with E-state index >= 15 is 0 Å². The Morgan fingerprint density at radius 1 is 1.19 bits per heavy atom. The lowest BCUT2D eigenvalue weighted by Gasteiger charge is -2.19. The molecule has 1 aromatic carbocycles. The van der Waals surface area contributed by atoms with Crippen LogP contribution in [-0.4, -0.2) is 23.2 Å². The number of hydrogen-bond donors (Lipinski definition) is 2. The van der Waals surface area contributed by atoms with E-state index < -0.39 is 0 Å². The third-order valence-electron chi connectivity index (χ3n) is 3.35. The third kappa shape index (κ3) is 2.69. The number of aromatic nitrogens is 2.